The average molecular weight is 433 g/mol. The second-order valence-corrected chi connectivity index (χ2v) is 9.51. The molecule has 3 N–H and O–H groups in total. The van der Waals surface area contributed by atoms with Crippen LogP contribution >= 0.6 is 0 Å². The number of anilines is 1. The number of nitrogen functional groups attached to an aromatic ring is 1. The summed E-state index contributed by atoms with van der Waals surface area (Å²) in [6, 6.07) is 8.39. The molecule has 8 heteroatoms. The molecule has 0 radical (unpaired) electrons. The van der Waals surface area contributed by atoms with Crippen molar-refractivity contribution in [1.29, 1.82) is 0 Å². The van der Waals surface area contributed by atoms with Crippen LogP contribution in [-0.2, 0) is 15.9 Å². The zero-order valence-corrected chi connectivity index (χ0v) is 18.4. The lowest BCUT2D eigenvalue weighted by molar-refractivity contribution is -0.295. The van der Waals surface area contributed by atoms with E-state index in [-0.39, 0.29) is 12.1 Å². The van der Waals surface area contributed by atoms with Crippen molar-refractivity contribution in [2.24, 2.45) is 11.8 Å². The van der Waals surface area contributed by atoms with Crippen molar-refractivity contribution in [3.05, 3.63) is 48.7 Å². The van der Waals surface area contributed by atoms with Gasteiger partial charge in [0.1, 0.15) is 17.8 Å². The van der Waals surface area contributed by atoms with Gasteiger partial charge in [-0.2, -0.15) is 0 Å². The van der Waals surface area contributed by atoms with Gasteiger partial charge in [0, 0.05) is 24.0 Å². The van der Waals surface area contributed by atoms with E-state index in [1.165, 1.54) is 12.0 Å². The van der Waals surface area contributed by atoms with E-state index in [1.54, 1.807) is 0 Å². The van der Waals surface area contributed by atoms with E-state index in [2.05, 4.69) is 42.8 Å². The summed E-state index contributed by atoms with van der Waals surface area (Å²) in [7, 11) is 0. The molecule has 2 fully saturated rings. The van der Waals surface area contributed by atoms with E-state index in [1.807, 2.05) is 32.2 Å². The fourth-order valence-corrected chi connectivity index (χ4v) is 5.58. The number of nitrogens with zero attached hydrogens (tertiary/aromatic N) is 4. The molecule has 0 amide bonds. The van der Waals surface area contributed by atoms with Crippen LogP contribution in [0.15, 0.2) is 43.0 Å². The van der Waals surface area contributed by atoms with Crippen molar-refractivity contribution < 1.29 is 9.47 Å². The molecule has 1 aliphatic carbocycles. The van der Waals surface area contributed by atoms with Crippen LogP contribution in [-0.4, -0.2) is 43.0 Å². The topological polar surface area (TPSA) is 104 Å². The summed E-state index contributed by atoms with van der Waals surface area (Å²) in [5.74, 6) is 0.749. The number of nitrogens with one attached hydrogen (secondary N) is 1. The van der Waals surface area contributed by atoms with E-state index < -0.39 is 5.79 Å². The number of H-pyrrole nitrogens is 1. The van der Waals surface area contributed by atoms with Gasteiger partial charge in [-0.15, -0.1) is 0 Å². The predicted molar refractivity (Wildman–Crippen MR) is 122 cm³/mol. The molecule has 2 aliphatic rings. The molecule has 0 aromatic carbocycles. The Morgan fingerprint density at radius 1 is 1.25 bits per heavy atom. The third kappa shape index (κ3) is 3.25. The fraction of sp³-hybridized carbons (Fsp3) is 0.458. The molecule has 0 bridgehead atoms. The Hall–Kier alpha value is -2.97. The van der Waals surface area contributed by atoms with Crippen molar-refractivity contribution in [3.8, 4) is 0 Å². The SMILES string of the molecule is CC1(C)OC[C@@H]2[C@@H](CCc3cc4ncccc4[nH]3)C[C@@H](n3ccc4c(N)ncnc43)[C@@H]2O1. The molecule has 4 aromatic heterocycles. The van der Waals surface area contributed by atoms with Crippen LogP contribution < -0.4 is 5.73 Å². The standard InChI is InChI=1S/C24H28N6O2/c1-24(2)31-12-17-14(5-6-15-11-19-18(29-15)4-3-8-26-19)10-20(21(17)32-24)30-9-7-16-22(25)27-13-28-23(16)30/h3-4,7-9,11,13-14,17,20-21,29H,5-6,10,12H2,1-2H3,(H2,25,27,28)/t14-,17+,20+,21+/m0/s1. The van der Waals surface area contributed by atoms with Crippen LogP contribution in [0.4, 0.5) is 5.82 Å². The number of rotatable bonds is 4. The number of fused-ring (bicyclic) bond motifs is 3. The molecule has 1 aliphatic heterocycles. The minimum atomic E-state index is -0.589. The number of pyridine rings is 1. The van der Waals surface area contributed by atoms with Crippen LogP contribution in [0.25, 0.3) is 22.1 Å². The first-order valence-electron chi connectivity index (χ1n) is 11.3. The highest BCUT2D eigenvalue weighted by Crippen LogP contribution is 2.48. The summed E-state index contributed by atoms with van der Waals surface area (Å²) in [6.45, 7) is 4.71. The van der Waals surface area contributed by atoms with Gasteiger partial charge in [0.05, 0.1) is 35.2 Å². The van der Waals surface area contributed by atoms with E-state index in [9.17, 15) is 0 Å². The highest BCUT2D eigenvalue weighted by molar-refractivity contribution is 5.86. The smallest absolute Gasteiger partial charge is 0.163 e. The minimum absolute atomic E-state index is 0.0694. The number of aromatic nitrogens is 5. The van der Waals surface area contributed by atoms with Crippen LogP contribution in [0.5, 0.6) is 0 Å². The molecule has 6 rings (SSSR count). The Morgan fingerprint density at radius 3 is 3.03 bits per heavy atom. The highest BCUT2D eigenvalue weighted by atomic mass is 16.7. The van der Waals surface area contributed by atoms with Crippen LogP contribution in [0.2, 0.25) is 0 Å². The lowest BCUT2D eigenvalue weighted by atomic mass is 9.90. The first kappa shape index (κ1) is 19.7. The highest BCUT2D eigenvalue weighted by Gasteiger charge is 2.50. The van der Waals surface area contributed by atoms with Crippen molar-refractivity contribution in [1.82, 2.24) is 24.5 Å². The molecule has 4 aromatic rings. The van der Waals surface area contributed by atoms with Gasteiger partial charge in [-0.25, -0.2) is 9.97 Å². The average Bonchev–Trinajstić information content (AvgIpc) is 3.46. The van der Waals surface area contributed by atoms with Crippen LogP contribution in [0.1, 0.15) is 38.4 Å². The molecule has 0 spiro atoms. The summed E-state index contributed by atoms with van der Waals surface area (Å²) in [5.41, 5.74) is 10.3. The number of nitrogens with two attached hydrogens (primary N) is 1. The molecule has 5 heterocycles. The van der Waals surface area contributed by atoms with Crippen molar-refractivity contribution in [3.63, 3.8) is 0 Å². The largest absolute Gasteiger partial charge is 0.383 e. The second-order valence-electron chi connectivity index (χ2n) is 9.51. The van der Waals surface area contributed by atoms with E-state index in [0.29, 0.717) is 24.3 Å². The van der Waals surface area contributed by atoms with Gasteiger partial charge in [0.2, 0.25) is 0 Å². The lowest BCUT2D eigenvalue weighted by Crippen LogP contribution is -2.47. The molecule has 4 atom stereocenters. The molecule has 32 heavy (non-hydrogen) atoms. The van der Waals surface area contributed by atoms with Gasteiger partial charge in [0.25, 0.3) is 0 Å². The minimum Gasteiger partial charge on any atom is -0.383 e. The number of hydrogen-bond donors (Lipinski definition) is 2. The van der Waals surface area contributed by atoms with Gasteiger partial charge < -0.3 is 24.8 Å². The van der Waals surface area contributed by atoms with Gasteiger partial charge in [0.15, 0.2) is 5.79 Å². The molecule has 8 nitrogen and oxygen atoms in total. The third-order valence-corrected chi connectivity index (χ3v) is 7.12. The van der Waals surface area contributed by atoms with Crippen molar-refractivity contribution in [2.75, 3.05) is 12.3 Å². The second kappa shape index (κ2) is 7.28. The van der Waals surface area contributed by atoms with Gasteiger partial charge in [-0.05, 0) is 63.3 Å². The number of aromatic amines is 1. The summed E-state index contributed by atoms with van der Waals surface area (Å²) >= 11 is 0. The summed E-state index contributed by atoms with van der Waals surface area (Å²) in [4.78, 5) is 16.6. The maximum Gasteiger partial charge on any atom is 0.163 e. The first-order chi connectivity index (χ1) is 15.5. The molecule has 1 saturated heterocycles. The van der Waals surface area contributed by atoms with Gasteiger partial charge in [-0.1, -0.05) is 0 Å². The summed E-state index contributed by atoms with van der Waals surface area (Å²) < 4.78 is 14.8. The molecular weight excluding hydrogens is 404 g/mol. The number of ether oxygens (including phenoxy) is 2. The maximum absolute atomic E-state index is 6.51. The maximum atomic E-state index is 6.51. The number of aryl methyl sites for hydroxylation is 1. The first-order valence-corrected chi connectivity index (χ1v) is 11.3. The van der Waals surface area contributed by atoms with E-state index >= 15 is 0 Å². The zero-order chi connectivity index (χ0) is 21.9. The summed E-state index contributed by atoms with van der Waals surface area (Å²) in [5, 5.41) is 0.893. The predicted octanol–water partition coefficient (Wildman–Crippen LogP) is 3.85. The molecule has 1 saturated carbocycles. The van der Waals surface area contributed by atoms with Gasteiger partial charge >= 0.3 is 0 Å². The Kier molecular flexibility index (Phi) is 4.48. The lowest BCUT2D eigenvalue weighted by Gasteiger charge is -2.41. The third-order valence-electron chi connectivity index (χ3n) is 7.12. The van der Waals surface area contributed by atoms with E-state index in [0.717, 1.165) is 41.3 Å². The number of hydrogen-bond acceptors (Lipinski definition) is 6. The Morgan fingerprint density at radius 2 is 2.16 bits per heavy atom. The van der Waals surface area contributed by atoms with E-state index in [4.69, 9.17) is 15.2 Å². The Labute approximate surface area is 186 Å². The monoisotopic (exact) mass is 432 g/mol. The Bertz CT molecular complexity index is 1240. The van der Waals surface area contributed by atoms with Gasteiger partial charge in [-0.3, -0.25) is 4.98 Å². The van der Waals surface area contributed by atoms with Crippen molar-refractivity contribution >= 4 is 27.9 Å². The molecule has 166 valence electrons. The summed E-state index contributed by atoms with van der Waals surface area (Å²) in [6.07, 6.45) is 8.57. The van der Waals surface area contributed by atoms with Crippen LogP contribution in [0.3, 0.4) is 0 Å². The van der Waals surface area contributed by atoms with Crippen LogP contribution in [0, 0.1) is 11.8 Å². The molecular formula is C24H28N6O2. The Balaban J connectivity index is 1.29. The van der Waals surface area contributed by atoms with Crippen molar-refractivity contribution in [2.45, 2.75) is 51.0 Å². The normalized spacial score (nSPS) is 27.2. The fourth-order valence-electron chi connectivity index (χ4n) is 5.58. The quantitative estimate of drug-likeness (QED) is 0.508. The molecule has 0 unspecified atom stereocenters. The zero-order valence-electron chi connectivity index (χ0n) is 18.4.